The van der Waals surface area contributed by atoms with E-state index in [1.165, 1.54) is 9.75 Å². The van der Waals surface area contributed by atoms with E-state index in [2.05, 4.69) is 44.3 Å². The lowest BCUT2D eigenvalue weighted by Gasteiger charge is -2.14. The molecule has 2 nitrogen and oxygen atoms in total. The van der Waals surface area contributed by atoms with Crippen molar-refractivity contribution in [1.29, 1.82) is 0 Å². The average molecular weight is 289 g/mol. The van der Waals surface area contributed by atoms with E-state index in [0.717, 1.165) is 31.0 Å². The number of para-hydroxylation sites is 2. The van der Waals surface area contributed by atoms with Crippen LogP contribution in [0.25, 0.3) is 0 Å². The Labute approximate surface area is 125 Å². The van der Waals surface area contributed by atoms with Gasteiger partial charge in [-0.3, -0.25) is 0 Å². The van der Waals surface area contributed by atoms with Crippen LogP contribution in [0.1, 0.15) is 30.5 Å². The van der Waals surface area contributed by atoms with E-state index in [-0.39, 0.29) is 0 Å². The van der Waals surface area contributed by atoms with Crippen LogP contribution < -0.4 is 10.1 Å². The van der Waals surface area contributed by atoms with Crippen molar-refractivity contribution in [2.24, 2.45) is 5.92 Å². The second-order valence-electron chi connectivity index (χ2n) is 5.28. The summed E-state index contributed by atoms with van der Waals surface area (Å²) < 4.78 is 5.85. The van der Waals surface area contributed by atoms with Gasteiger partial charge < -0.3 is 10.1 Å². The third-order valence-corrected chi connectivity index (χ3v) is 4.21. The molecule has 1 heterocycles. The van der Waals surface area contributed by atoms with Crippen molar-refractivity contribution in [3.63, 3.8) is 0 Å². The van der Waals surface area contributed by atoms with Gasteiger partial charge in [0.25, 0.3) is 0 Å². The van der Waals surface area contributed by atoms with Crippen molar-refractivity contribution in [1.82, 2.24) is 0 Å². The molecule has 0 saturated heterocycles. The third kappa shape index (κ3) is 4.27. The first kappa shape index (κ1) is 14.9. The molecule has 0 radical (unpaired) electrons. The van der Waals surface area contributed by atoms with Crippen LogP contribution in [-0.2, 0) is 13.0 Å². The maximum atomic E-state index is 5.85. The van der Waals surface area contributed by atoms with E-state index in [4.69, 9.17) is 4.74 Å². The number of benzene rings is 1. The Kier molecular flexibility index (Phi) is 5.48. The summed E-state index contributed by atoms with van der Waals surface area (Å²) in [6, 6.07) is 12.6. The minimum atomic E-state index is 0.535. The zero-order valence-corrected chi connectivity index (χ0v) is 13.3. The summed E-state index contributed by atoms with van der Waals surface area (Å²) in [6.07, 6.45) is 1.11. The number of anilines is 1. The fourth-order valence-electron chi connectivity index (χ4n) is 1.88. The smallest absolute Gasteiger partial charge is 0.142 e. The van der Waals surface area contributed by atoms with Gasteiger partial charge in [0, 0.05) is 16.3 Å². The molecule has 1 aromatic heterocycles. The van der Waals surface area contributed by atoms with Crippen LogP contribution in [-0.4, -0.2) is 6.61 Å². The Balaban J connectivity index is 1.97. The summed E-state index contributed by atoms with van der Waals surface area (Å²) in [5.74, 6) is 1.47. The lowest BCUT2D eigenvalue weighted by atomic mass is 10.2. The molecule has 0 unspecified atom stereocenters. The fraction of sp³-hybridized carbons (Fsp3) is 0.412. The van der Waals surface area contributed by atoms with Crippen molar-refractivity contribution in [2.45, 2.75) is 33.7 Å². The Bertz CT molecular complexity index is 533. The largest absolute Gasteiger partial charge is 0.491 e. The monoisotopic (exact) mass is 289 g/mol. The highest BCUT2D eigenvalue weighted by Gasteiger charge is 2.05. The Morgan fingerprint density at radius 1 is 1.10 bits per heavy atom. The number of aryl methyl sites for hydroxylation is 1. The Morgan fingerprint density at radius 3 is 2.55 bits per heavy atom. The molecule has 1 aromatic carbocycles. The van der Waals surface area contributed by atoms with Crippen molar-refractivity contribution in [2.75, 3.05) is 11.9 Å². The van der Waals surface area contributed by atoms with E-state index in [9.17, 15) is 0 Å². The van der Waals surface area contributed by atoms with Crippen molar-refractivity contribution in [3.8, 4) is 5.75 Å². The predicted molar refractivity (Wildman–Crippen MR) is 87.8 cm³/mol. The van der Waals surface area contributed by atoms with Crippen LogP contribution in [0.2, 0.25) is 0 Å². The zero-order valence-electron chi connectivity index (χ0n) is 12.5. The molecular weight excluding hydrogens is 266 g/mol. The van der Waals surface area contributed by atoms with E-state index < -0.39 is 0 Å². The molecule has 108 valence electrons. The van der Waals surface area contributed by atoms with Gasteiger partial charge in [-0.25, -0.2) is 0 Å². The van der Waals surface area contributed by atoms with Gasteiger partial charge in [0.2, 0.25) is 0 Å². The van der Waals surface area contributed by atoms with Gasteiger partial charge in [-0.1, -0.05) is 32.9 Å². The summed E-state index contributed by atoms with van der Waals surface area (Å²) in [5, 5.41) is 3.48. The predicted octanol–water partition coefficient (Wildman–Crippen LogP) is 4.96. The molecule has 3 heteroatoms. The number of rotatable bonds is 7. The van der Waals surface area contributed by atoms with Crippen LogP contribution in [0.15, 0.2) is 36.4 Å². The van der Waals surface area contributed by atoms with Gasteiger partial charge in [-0.2, -0.15) is 0 Å². The first-order valence-electron chi connectivity index (χ1n) is 7.22. The van der Waals surface area contributed by atoms with Gasteiger partial charge in [0.1, 0.15) is 5.75 Å². The summed E-state index contributed by atoms with van der Waals surface area (Å²) in [7, 11) is 0. The van der Waals surface area contributed by atoms with Gasteiger partial charge in [0.05, 0.1) is 12.3 Å². The molecule has 2 rings (SSSR count). The minimum absolute atomic E-state index is 0.535. The SMILES string of the molecule is CCc1ccc(CNc2ccccc2OCC(C)C)s1. The number of hydrogen-bond acceptors (Lipinski definition) is 3. The molecular formula is C17H23NOS. The Morgan fingerprint density at radius 2 is 1.85 bits per heavy atom. The number of thiophene rings is 1. The van der Waals surface area contributed by atoms with Crippen LogP contribution in [0.3, 0.4) is 0 Å². The lowest BCUT2D eigenvalue weighted by molar-refractivity contribution is 0.272. The topological polar surface area (TPSA) is 21.3 Å². The van der Waals surface area contributed by atoms with Crippen LogP contribution >= 0.6 is 11.3 Å². The number of nitrogens with one attached hydrogen (secondary N) is 1. The number of ether oxygens (including phenoxy) is 1. The Hall–Kier alpha value is -1.48. The standard InChI is InChI=1S/C17H23NOS/c1-4-14-9-10-15(20-14)11-18-16-7-5-6-8-17(16)19-12-13(2)3/h5-10,13,18H,4,11-12H2,1-3H3. The maximum Gasteiger partial charge on any atom is 0.142 e. The summed E-state index contributed by atoms with van der Waals surface area (Å²) >= 11 is 1.87. The number of hydrogen-bond donors (Lipinski definition) is 1. The molecule has 0 aliphatic rings. The van der Waals surface area contributed by atoms with Crippen molar-refractivity contribution in [3.05, 3.63) is 46.2 Å². The highest BCUT2D eigenvalue weighted by Crippen LogP contribution is 2.26. The summed E-state index contributed by atoms with van der Waals surface area (Å²) in [5.41, 5.74) is 1.07. The average Bonchev–Trinajstić information content (AvgIpc) is 2.91. The molecule has 0 spiro atoms. The molecule has 2 aromatic rings. The second-order valence-corrected chi connectivity index (χ2v) is 6.53. The molecule has 0 saturated carbocycles. The second kappa shape index (κ2) is 7.34. The zero-order chi connectivity index (χ0) is 14.4. The molecule has 20 heavy (non-hydrogen) atoms. The van der Waals surface area contributed by atoms with Crippen molar-refractivity contribution >= 4 is 17.0 Å². The van der Waals surface area contributed by atoms with Crippen molar-refractivity contribution < 1.29 is 4.74 Å². The maximum absolute atomic E-state index is 5.85. The van der Waals surface area contributed by atoms with Crippen LogP contribution in [0.4, 0.5) is 5.69 Å². The highest BCUT2D eigenvalue weighted by atomic mass is 32.1. The van der Waals surface area contributed by atoms with Crippen LogP contribution in [0, 0.1) is 5.92 Å². The lowest BCUT2D eigenvalue weighted by Crippen LogP contribution is -2.07. The molecule has 0 aliphatic heterocycles. The molecule has 0 atom stereocenters. The van der Waals surface area contributed by atoms with E-state index in [0.29, 0.717) is 5.92 Å². The molecule has 0 bridgehead atoms. The quantitative estimate of drug-likeness (QED) is 0.778. The first-order valence-corrected chi connectivity index (χ1v) is 8.04. The van der Waals surface area contributed by atoms with E-state index >= 15 is 0 Å². The molecule has 1 N–H and O–H groups in total. The molecule has 0 fully saturated rings. The first-order chi connectivity index (χ1) is 9.69. The van der Waals surface area contributed by atoms with Gasteiger partial charge >= 0.3 is 0 Å². The highest BCUT2D eigenvalue weighted by molar-refractivity contribution is 7.12. The normalized spacial score (nSPS) is 10.8. The van der Waals surface area contributed by atoms with Gasteiger partial charge in [-0.05, 0) is 36.6 Å². The van der Waals surface area contributed by atoms with E-state index in [1.807, 2.05) is 29.5 Å². The molecule has 0 amide bonds. The summed E-state index contributed by atoms with van der Waals surface area (Å²) in [6.45, 7) is 8.12. The third-order valence-electron chi connectivity index (χ3n) is 2.98. The van der Waals surface area contributed by atoms with Gasteiger partial charge in [0.15, 0.2) is 0 Å². The van der Waals surface area contributed by atoms with E-state index in [1.54, 1.807) is 0 Å². The fourth-order valence-corrected chi connectivity index (χ4v) is 2.78. The summed E-state index contributed by atoms with van der Waals surface area (Å²) in [4.78, 5) is 2.80. The molecule has 0 aliphatic carbocycles. The van der Waals surface area contributed by atoms with Crippen LogP contribution in [0.5, 0.6) is 5.75 Å². The van der Waals surface area contributed by atoms with Gasteiger partial charge in [-0.15, -0.1) is 11.3 Å². The minimum Gasteiger partial charge on any atom is -0.491 e.